The Labute approximate surface area is 116 Å². The number of carboxylic acids is 1. The number of anilines is 1. The van der Waals surface area contributed by atoms with Gasteiger partial charge in [-0.2, -0.15) is 0 Å². The molecule has 0 aliphatic carbocycles. The van der Waals surface area contributed by atoms with Crippen LogP contribution in [0.4, 0.5) is 5.69 Å². The van der Waals surface area contributed by atoms with E-state index in [4.69, 9.17) is 5.11 Å². The van der Waals surface area contributed by atoms with Crippen molar-refractivity contribution in [2.24, 2.45) is 0 Å². The number of amides is 2. The summed E-state index contributed by atoms with van der Waals surface area (Å²) in [5.74, 6) is -1.94. The molecular weight excluding hydrogens is 260 g/mol. The van der Waals surface area contributed by atoms with Gasteiger partial charge in [-0.05, 0) is 24.6 Å². The van der Waals surface area contributed by atoms with Crippen molar-refractivity contribution < 1.29 is 19.5 Å². The molecule has 0 saturated carbocycles. The largest absolute Gasteiger partial charge is 0.478 e. The molecule has 0 heterocycles. The van der Waals surface area contributed by atoms with Gasteiger partial charge < -0.3 is 15.3 Å². The molecule has 2 amide bonds. The molecule has 0 spiro atoms. The Balaban J connectivity index is 2.95. The van der Waals surface area contributed by atoms with Crippen molar-refractivity contribution in [3.63, 3.8) is 0 Å². The predicted molar refractivity (Wildman–Crippen MR) is 74.6 cm³/mol. The normalized spacial score (nSPS) is 10.3. The van der Waals surface area contributed by atoms with E-state index in [0.717, 1.165) is 17.7 Å². The SMILES string of the molecule is Cc1ccc(C(=O)N(C)C)cc1NC(=O)/C=C/C(=O)O. The van der Waals surface area contributed by atoms with Crippen LogP contribution in [0, 0.1) is 6.92 Å². The lowest BCUT2D eigenvalue weighted by molar-refractivity contribution is -0.131. The van der Waals surface area contributed by atoms with Crippen LogP contribution in [0.3, 0.4) is 0 Å². The van der Waals surface area contributed by atoms with Crippen molar-refractivity contribution in [1.82, 2.24) is 4.90 Å². The van der Waals surface area contributed by atoms with Gasteiger partial charge in [-0.25, -0.2) is 4.79 Å². The van der Waals surface area contributed by atoms with Gasteiger partial charge in [0.05, 0.1) is 0 Å². The number of carbonyl (C=O) groups is 3. The van der Waals surface area contributed by atoms with E-state index in [1.54, 1.807) is 39.2 Å². The molecule has 0 aliphatic heterocycles. The molecule has 20 heavy (non-hydrogen) atoms. The van der Waals surface area contributed by atoms with Gasteiger partial charge in [0.2, 0.25) is 5.91 Å². The van der Waals surface area contributed by atoms with Gasteiger partial charge in [0.1, 0.15) is 0 Å². The predicted octanol–water partition coefficient (Wildman–Crippen LogP) is 1.28. The lowest BCUT2D eigenvalue weighted by Crippen LogP contribution is -2.22. The van der Waals surface area contributed by atoms with Gasteiger partial charge in [0, 0.05) is 37.5 Å². The van der Waals surface area contributed by atoms with Gasteiger partial charge in [-0.3, -0.25) is 9.59 Å². The van der Waals surface area contributed by atoms with E-state index < -0.39 is 11.9 Å². The molecular formula is C14H16N2O4. The van der Waals surface area contributed by atoms with Gasteiger partial charge in [0.25, 0.3) is 5.91 Å². The number of aliphatic carboxylic acids is 1. The Morgan fingerprint density at radius 2 is 1.85 bits per heavy atom. The molecule has 0 radical (unpaired) electrons. The lowest BCUT2D eigenvalue weighted by Gasteiger charge is -2.13. The number of benzene rings is 1. The van der Waals surface area contributed by atoms with Crippen LogP contribution in [0.25, 0.3) is 0 Å². The maximum absolute atomic E-state index is 11.8. The Kier molecular flexibility index (Phi) is 5.02. The van der Waals surface area contributed by atoms with Crippen molar-refractivity contribution in [2.45, 2.75) is 6.92 Å². The highest BCUT2D eigenvalue weighted by Gasteiger charge is 2.10. The average Bonchev–Trinajstić information content (AvgIpc) is 2.38. The van der Waals surface area contributed by atoms with Crippen molar-refractivity contribution in [2.75, 3.05) is 19.4 Å². The third kappa shape index (κ3) is 4.24. The molecule has 0 aromatic heterocycles. The second kappa shape index (κ2) is 6.51. The van der Waals surface area contributed by atoms with Crippen LogP contribution in [0.1, 0.15) is 15.9 Å². The van der Waals surface area contributed by atoms with E-state index in [0.29, 0.717) is 11.3 Å². The van der Waals surface area contributed by atoms with Crippen LogP contribution in [0.2, 0.25) is 0 Å². The summed E-state index contributed by atoms with van der Waals surface area (Å²) in [7, 11) is 3.27. The molecule has 106 valence electrons. The van der Waals surface area contributed by atoms with E-state index in [-0.39, 0.29) is 5.91 Å². The number of carbonyl (C=O) groups excluding carboxylic acids is 2. The number of aryl methyl sites for hydroxylation is 1. The van der Waals surface area contributed by atoms with Crippen LogP contribution < -0.4 is 5.32 Å². The maximum atomic E-state index is 11.8. The van der Waals surface area contributed by atoms with Crippen LogP contribution in [0.15, 0.2) is 30.4 Å². The molecule has 0 unspecified atom stereocenters. The highest BCUT2D eigenvalue weighted by Crippen LogP contribution is 2.17. The summed E-state index contributed by atoms with van der Waals surface area (Å²) in [4.78, 5) is 35.1. The Hall–Kier alpha value is -2.63. The van der Waals surface area contributed by atoms with E-state index in [9.17, 15) is 14.4 Å². The van der Waals surface area contributed by atoms with E-state index >= 15 is 0 Å². The first kappa shape index (κ1) is 15.4. The van der Waals surface area contributed by atoms with Crippen LogP contribution in [-0.2, 0) is 9.59 Å². The first-order valence-electron chi connectivity index (χ1n) is 5.85. The van der Waals surface area contributed by atoms with Crippen LogP contribution in [0.5, 0.6) is 0 Å². The number of hydrogen-bond donors (Lipinski definition) is 2. The molecule has 0 bridgehead atoms. The molecule has 1 rings (SSSR count). The lowest BCUT2D eigenvalue weighted by atomic mass is 10.1. The minimum Gasteiger partial charge on any atom is -0.478 e. The fraction of sp³-hybridized carbons (Fsp3) is 0.214. The monoisotopic (exact) mass is 276 g/mol. The van der Waals surface area contributed by atoms with Gasteiger partial charge >= 0.3 is 5.97 Å². The average molecular weight is 276 g/mol. The molecule has 0 saturated heterocycles. The first-order valence-corrected chi connectivity index (χ1v) is 5.85. The number of rotatable bonds is 4. The second-order valence-electron chi connectivity index (χ2n) is 4.39. The molecule has 0 aliphatic rings. The standard InChI is InChI=1S/C14H16N2O4/c1-9-4-5-10(14(20)16(2)3)8-11(9)15-12(17)6-7-13(18)19/h4-8H,1-3H3,(H,15,17)(H,18,19)/b7-6+. The Morgan fingerprint density at radius 3 is 2.40 bits per heavy atom. The molecule has 1 aromatic rings. The number of carboxylic acid groups (broad SMARTS) is 1. The van der Waals surface area contributed by atoms with Crippen LogP contribution in [-0.4, -0.2) is 41.9 Å². The molecule has 0 atom stereocenters. The Morgan fingerprint density at radius 1 is 1.20 bits per heavy atom. The van der Waals surface area contributed by atoms with Crippen molar-refractivity contribution in [3.05, 3.63) is 41.5 Å². The molecule has 2 N–H and O–H groups in total. The van der Waals surface area contributed by atoms with Crippen LogP contribution >= 0.6 is 0 Å². The third-order valence-corrected chi connectivity index (χ3v) is 2.53. The van der Waals surface area contributed by atoms with Gasteiger partial charge in [-0.15, -0.1) is 0 Å². The molecule has 6 nitrogen and oxygen atoms in total. The maximum Gasteiger partial charge on any atom is 0.328 e. The summed E-state index contributed by atoms with van der Waals surface area (Å²) in [6, 6.07) is 4.94. The molecule has 1 aromatic carbocycles. The van der Waals surface area contributed by atoms with Gasteiger partial charge in [0.15, 0.2) is 0 Å². The first-order chi connectivity index (χ1) is 9.31. The zero-order chi connectivity index (χ0) is 15.3. The topological polar surface area (TPSA) is 86.7 Å². The molecule has 0 fully saturated rings. The van der Waals surface area contributed by atoms with Crippen molar-refractivity contribution in [3.8, 4) is 0 Å². The highest BCUT2D eigenvalue weighted by atomic mass is 16.4. The minimum atomic E-state index is -1.20. The Bertz CT molecular complexity index is 577. The highest BCUT2D eigenvalue weighted by molar-refractivity contribution is 6.03. The zero-order valence-electron chi connectivity index (χ0n) is 11.5. The van der Waals surface area contributed by atoms with Gasteiger partial charge in [-0.1, -0.05) is 6.07 Å². The smallest absolute Gasteiger partial charge is 0.328 e. The van der Waals surface area contributed by atoms with E-state index in [1.807, 2.05) is 0 Å². The second-order valence-corrected chi connectivity index (χ2v) is 4.39. The summed E-state index contributed by atoms with van der Waals surface area (Å²) < 4.78 is 0. The fourth-order valence-electron chi connectivity index (χ4n) is 1.47. The summed E-state index contributed by atoms with van der Waals surface area (Å²) in [6.45, 7) is 1.78. The summed E-state index contributed by atoms with van der Waals surface area (Å²) in [5, 5.41) is 11.0. The number of nitrogens with one attached hydrogen (secondary N) is 1. The van der Waals surface area contributed by atoms with Crippen molar-refractivity contribution >= 4 is 23.5 Å². The van der Waals surface area contributed by atoms with Crippen molar-refractivity contribution in [1.29, 1.82) is 0 Å². The minimum absolute atomic E-state index is 0.179. The zero-order valence-corrected chi connectivity index (χ0v) is 11.5. The molecule has 6 heteroatoms. The third-order valence-electron chi connectivity index (χ3n) is 2.53. The van der Waals surface area contributed by atoms with E-state index in [2.05, 4.69) is 5.32 Å². The summed E-state index contributed by atoms with van der Waals surface area (Å²) in [6.07, 6.45) is 1.67. The summed E-state index contributed by atoms with van der Waals surface area (Å²) >= 11 is 0. The number of hydrogen-bond acceptors (Lipinski definition) is 3. The fourth-order valence-corrected chi connectivity index (χ4v) is 1.47. The number of nitrogens with zero attached hydrogens (tertiary/aromatic N) is 1. The summed E-state index contributed by atoms with van der Waals surface area (Å²) in [5.41, 5.74) is 1.69. The van der Waals surface area contributed by atoms with E-state index in [1.165, 1.54) is 4.90 Å². The quantitative estimate of drug-likeness (QED) is 0.811.